The zero-order valence-electron chi connectivity index (χ0n) is 19.4. The number of halogens is 3. The first-order valence-corrected chi connectivity index (χ1v) is 11.8. The van der Waals surface area contributed by atoms with E-state index in [-0.39, 0.29) is 37.2 Å². The Labute approximate surface area is 202 Å². The molecule has 2 aliphatic heterocycles. The monoisotopic (exact) mass is 493 g/mol. The number of β-amino-alcohol motifs (C(OH)–C–C–N with tert-alkyl or cyclic N) is 1. The van der Waals surface area contributed by atoms with E-state index in [1.807, 2.05) is 12.1 Å². The number of carbonyl (C=O) groups excluding carboxylic acids is 1. The molecule has 35 heavy (non-hydrogen) atoms. The Kier molecular flexibility index (Phi) is 8.19. The Balaban J connectivity index is 1.21. The van der Waals surface area contributed by atoms with Gasteiger partial charge in [0.25, 0.3) is 5.91 Å². The molecular weight excluding hydrogens is 463 g/mol. The van der Waals surface area contributed by atoms with Crippen molar-refractivity contribution in [3.63, 3.8) is 0 Å². The molecular formula is C24H30F3N5O3. The number of aliphatic hydroxyl groups is 1. The summed E-state index contributed by atoms with van der Waals surface area (Å²) in [6, 6.07) is 9.72. The predicted molar refractivity (Wildman–Crippen MR) is 122 cm³/mol. The van der Waals surface area contributed by atoms with Crippen LogP contribution in [-0.4, -0.2) is 88.7 Å². The molecule has 0 bridgehead atoms. The van der Waals surface area contributed by atoms with E-state index in [2.05, 4.69) is 32.5 Å². The van der Waals surface area contributed by atoms with E-state index in [0.717, 1.165) is 19.5 Å². The number of fused-ring (bicyclic) bond motifs is 1. The molecule has 0 spiro atoms. The lowest BCUT2D eigenvalue weighted by atomic mass is 10.00. The molecule has 1 fully saturated rings. The average molecular weight is 494 g/mol. The molecule has 0 radical (unpaired) electrons. The molecule has 1 amide bonds. The number of carbonyl (C=O) groups is 1. The summed E-state index contributed by atoms with van der Waals surface area (Å²) in [5, 5.41) is 20.8. The lowest BCUT2D eigenvalue weighted by Gasteiger charge is -2.32. The normalized spacial score (nSPS) is 18.6. The average Bonchev–Trinajstić information content (AvgIpc) is 2.83. The van der Waals surface area contributed by atoms with Gasteiger partial charge in [0.2, 0.25) is 5.88 Å². The molecule has 190 valence electrons. The summed E-state index contributed by atoms with van der Waals surface area (Å²) < 4.78 is 43.4. The maximum Gasteiger partial charge on any atom is 0.401 e. The highest BCUT2D eigenvalue weighted by atomic mass is 19.4. The molecule has 2 aliphatic rings. The van der Waals surface area contributed by atoms with Crippen molar-refractivity contribution in [2.75, 3.05) is 39.3 Å². The van der Waals surface area contributed by atoms with Crippen molar-refractivity contribution < 1.29 is 27.8 Å². The minimum absolute atomic E-state index is 0.0904. The summed E-state index contributed by atoms with van der Waals surface area (Å²) in [6.07, 6.45) is -2.12. The second-order valence-corrected chi connectivity index (χ2v) is 9.11. The number of nitrogens with one attached hydrogen (secondary N) is 1. The molecule has 1 saturated heterocycles. The van der Waals surface area contributed by atoms with Gasteiger partial charge in [0.05, 0.1) is 24.4 Å². The molecule has 2 aromatic rings. The smallest absolute Gasteiger partial charge is 0.401 e. The van der Waals surface area contributed by atoms with Crippen molar-refractivity contribution >= 4 is 5.91 Å². The summed E-state index contributed by atoms with van der Waals surface area (Å²) in [7, 11) is 0. The van der Waals surface area contributed by atoms with Crippen molar-refractivity contribution in [2.45, 2.75) is 44.2 Å². The predicted octanol–water partition coefficient (Wildman–Crippen LogP) is 2.03. The van der Waals surface area contributed by atoms with E-state index < -0.39 is 24.7 Å². The molecule has 1 atom stereocenters. The van der Waals surface area contributed by atoms with Crippen LogP contribution in [0, 0.1) is 0 Å². The number of likely N-dealkylation sites (tertiary alicyclic amines) is 1. The minimum atomic E-state index is -4.21. The highest BCUT2D eigenvalue weighted by Crippen LogP contribution is 2.22. The molecule has 0 unspecified atom stereocenters. The maximum atomic E-state index is 12.6. The van der Waals surface area contributed by atoms with Gasteiger partial charge in [-0.1, -0.05) is 24.3 Å². The quantitative estimate of drug-likeness (QED) is 0.582. The Morgan fingerprint density at radius 1 is 1.17 bits per heavy atom. The molecule has 2 N–H and O–H groups in total. The molecule has 1 aromatic heterocycles. The fourth-order valence-corrected chi connectivity index (χ4v) is 4.52. The minimum Gasteiger partial charge on any atom is -0.473 e. The first-order valence-electron chi connectivity index (χ1n) is 11.8. The molecule has 0 aliphatic carbocycles. The fraction of sp³-hybridized carbons (Fsp3) is 0.542. The number of hydrogen-bond acceptors (Lipinski definition) is 7. The number of aliphatic hydroxyl groups excluding tert-OH is 1. The third kappa shape index (κ3) is 7.61. The number of rotatable bonds is 8. The lowest BCUT2D eigenvalue weighted by Crippen LogP contribution is -2.43. The van der Waals surface area contributed by atoms with E-state index in [0.29, 0.717) is 19.4 Å². The first-order chi connectivity index (χ1) is 16.7. The van der Waals surface area contributed by atoms with Gasteiger partial charge >= 0.3 is 6.18 Å². The van der Waals surface area contributed by atoms with Crippen LogP contribution in [0.15, 0.2) is 36.5 Å². The number of alkyl halides is 3. The van der Waals surface area contributed by atoms with Crippen LogP contribution in [0.5, 0.6) is 5.88 Å². The lowest BCUT2D eigenvalue weighted by molar-refractivity contribution is -0.149. The number of amides is 1. The molecule has 11 heteroatoms. The number of piperidine rings is 1. The van der Waals surface area contributed by atoms with Crippen LogP contribution in [0.4, 0.5) is 13.2 Å². The third-order valence-corrected chi connectivity index (χ3v) is 6.30. The zero-order valence-corrected chi connectivity index (χ0v) is 19.4. The topological polar surface area (TPSA) is 90.8 Å². The van der Waals surface area contributed by atoms with Crippen molar-refractivity contribution in [1.29, 1.82) is 0 Å². The van der Waals surface area contributed by atoms with Crippen LogP contribution in [-0.2, 0) is 13.0 Å². The van der Waals surface area contributed by atoms with Crippen LogP contribution in [0.3, 0.4) is 0 Å². The van der Waals surface area contributed by atoms with Gasteiger partial charge in [0.15, 0.2) is 0 Å². The van der Waals surface area contributed by atoms with Gasteiger partial charge in [-0.3, -0.25) is 14.6 Å². The molecule has 3 heterocycles. The van der Waals surface area contributed by atoms with Gasteiger partial charge in [0.1, 0.15) is 6.10 Å². The Hall–Kier alpha value is -2.76. The van der Waals surface area contributed by atoms with Crippen molar-refractivity contribution in [3.05, 3.63) is 53.2 Å². The second kappa shape index (κ2) is 11.3. The van der Waals surface area contributed by atoms with Gasteiger partial charge in [-0.15, -0.1) is 5.10 Å². The van der Waals surface area contributed by atoms with Crippen LogP contribution >= 0.6 is 0 Å². The van der Waals surface area contributed by atoms with Gasteiger partial charge < -0.3 is 15.2 Å². The summed E-state index contributed by atoms with van der Waals surface area (Å²) in [4.78, 5) is 16.1. The second-order valence-electron chi connectivity index (χ2n) is 9.11. The Bertz CT molecular complexity index is 998. The van der Waals surface area contributed by atoms with Gasteiger partial charge in [0, 0.05) is 45.3 Å². The summed E-state index contributed by atoms with van der Waals surface area (Å²) in [5.74, 6) is -0.257. The maximum absolute atomic E-state index is 12.6. The number of nitrogens with zero attached hydrogens (tertiary/aromatic N) is 4. The van der Waals surface area contributed by atoms with Crippen molar-refractivity contribution in [1.82, 2.24) is 25.3 Å². The molecule has 0 saturated carbocycles. The molecule has 4 rings (SSSR count). The number of hydrogen-bond donors (Lipinski definition) is 2. The number of ether oxygens (including phenoxy) is 1. The summed E-state index contributed by atoms with van der Waals surface area (Å²) >= 11 is 0. The Morgan fingerprint density at radius 2 is 1.91 bits per heavy atom. The van der Waals surface area contributed by atoms with E-state index in [1.54, 1.807) is 0 Å². The van der Waals surface area contributed by atoms with Crippen LogP contribution in [0.1, 0.15) is 34.3 Å². The standard InChI is InChI=1S/C24H30F3N5O3/c25-24(26,27)16-31-9-6-21(7-10-31)35-22-11-19(12-29-30-22)23(34)28-13-20(33)15-32-8-5-17-3-1-2-4-18(17)14-32/h1-4,11-12,20-21,33H,5-10,13-16H2,(H,28,34)/t20-/m0/s1. The molecule has 1 aromatic carbocycles. The highest BCUT2D eigenvalue weighted by Gasteiger charge is 2.33. The van der Waals surface area contributed by atoms with E-state index in [1.165, 1.54) is 28.3 Å². The van der Waals surface area contributed by atoms with Crippen LogP contribution < -0.4 is 10.1 Å². The number of aromatic nitrogens is 2. The van der Waals surface area contributed by atoms with Crippen molar-refractivity contribution in [3.8, 4) is 5.88 Å². The van der Waals surface area contributed by atoms with E-state index in [9.17, 15) is 23.1 Å². The highest BCUT2D eigenvalue weighted by molar-refractivity contribution is 5.94. The van der Waals surface area contributed by atoms with E-state index >= 15 is 0 Å². The SMILES string of the molecule is O=C(NC[C@H](O)CN1CCc2ccccc2C1)c1cnnc(OC2CCN(CC(F)(F)F)CC2)c1. The van der Waals surface area contributed by atoms with Gasteiger partial charge in [-0.05, 0) is 30.4 Å². The van der Waals surface area contributed by atoms with E-state index in [4.69, 9.17) is 4.74 Å². The summed E-state index contributed by atoms with van der Waals surface area (Å²) in [5.41, 5.74) is 2.83. The number of benzene rings is 1. The van der Waals surface area contributed by atoms with Crippen LogP contribution in [0.25, 0.3) is 0 Å². The van der Waals surface area contributed by atoms with Gasteiger partial charge in [-0.25, -0.2) is 0 Å². The summed E-state index contributed by atoms with van der Waals surface area (Å²) in [6.45, 7) is 1.79. The third-order valence-electron chi connectivity index (χ3n) is 6.30. The van der Waals surface area contributed by atoms with Crippen molar-refractivity contribution in [2.24, 2.45) is 0 Å². The fourth-order valence-electron chi connectivity index (χ4n) is 4.52. The van der Waals surface area contributed by atoms with Gasteiger partial charge in [-0.2, -0.15) is 18.3 Å². The zero-order chi connectivity index (χ0) is 24.8. The largest absolute Gasteiger partial charge is 0.473 e. The first kappa shape index (κ1) is 25.3. The Morgan fingerprint density at radius 3 is 2.66 bits per heavy atom. The molecule has 8 nitrogen and oxygen atoms in total. The van der Waals surface area contributed by atoms with Crippen LogP contribution in [0.2, 0.25) is 0 Å².